The van der Waals surface area contributed by atoms with Gasteiger partial charge in [-0.05, 0) is 42.3 Å². The van der Waals surface area contributed by atoms with E-state index in [9.17, 15) is 4.79 Å². The Balaban J connectivity index is 0.000000970. The average Bonchev–Trinajstić information content (AvgIpc) is 3.32. The van der Waals surface area contributed by atoms with Crippen molar-refractivity contribution in [3.8, 4) is 5.75 Å². The number of benzene rings is 2. The number of nitrogens with zero attached hydrogens (tertiary/aromatic N) is 3. The zero-order chi connectivity index (χ0) is 24.9. The highest BCUT2D eigenvalue weighted by atomic mass is 16.5. The molecule has 1 aromatic heterocycles. The Hall–Kier alpha value is -3.46. The lowest BCUT2D eigenvalue weighted by atomic mass is 10.1. The fraction of sp³-hybridized carbons (Fsp3) is 0.429. The van der Waals surface area contributed by atoms with Gasteiger partial charge in [-0.3, -0.25) is 4.79 Å². The molecule has 3 aromatic rings. The van der Waals surface area contributed by atoms with E-state index in [-0.39, 0.29) is 12.5 Å². The summed E-state index contributed by atoms with van der Waals surface area (Å²) in [4.78, 5) is 23.4. The molecule has 0 bridgehead atoms. The van der Waals surface area contributed by atoms with Crippen LogP contribution in [-0.2, 0) is 11.2 Å². The summed E-state index contributed by atoms with van der Waals surface area (Å²) in [6.45, 7) is 20.2. The van der Waals surface area contributed by atoms with Crippen LogP contribution >= 0.6 is 0 Å². The maximum absolute atomic E-state index is 12.6. The van der Waals surface area contributed by atoms with Crippen LogP contribution in [0.4, 0.5) is 11.4 Å². The van der Waals surface area contributed by atoms with Crippen LogP contribution in [0.25, 0.3) is 15.7 Å². The van der Waals surface area contributed by atoms with Crippen LogP contribution in [0.15, 0.2) is 48.7 Å². The van der Waals surface area contributed by atoms with Crippen LogP contribution in [0.5, 0.6) is 5.75 Å². The van der Waals surface area contributed by atoms with Gasteiger partial charge in [-0.15, -0.1) is 0 Å². The number of amides is 1. The first-order chi connectivity index (χ1) is 16.7. The first-order valence-corrected chi connectivity index (χ1v) is 12.4. The van der Waals surface area contributed by atoms with E-state index >= 15 is 0 Å². The summed E-state index contributed by atoms with van der Waals surface area (Å²) in [6, 6.07) is 13.5. The standard InChI is InChI=1S/C24H26N4O2.2C2H6/c1-3-4-18-16-26-23-10-9-21(15-22(18)23)30-17-24(29)28-13-11-27(12-14-28)20-7-5-19(25-2)6-8-20;2*1-2/h5-10,15-16,26H,3-4,11-14,17H2,1H3;2*1-2H3. The third-order valence-electron chi connectivity index (χ3n) is 5.60. The van der Waals surface area contributed by atoms with Crippen molar-refractivity contribution in [2.24, 2.45) is 0 Å². The number of piperazine rings is 1. The second-order valence-corrected chi connectivity index (χ2v) is 7.56. The van der Waals surface area contributed by atoms with E-state index in [4.69, 9.17) is 11.3 Å². The van der Waals surface area contributed by atoms with E-state index in [1.54, 1.807) is 0 Å². The van der Waals surface area contributed by atoms with Crippen LogP contribution in [0.1, 0.15) is 46.6 Å². The summed E-state index contributed by atoms with van der Waals surface area (Å²) in [5, 5.41) is 1.17. The summed E-state index contributed by atoms with van der Waals surface area (Å²) in [6.07, 6.45) is 4.16. The van der Waals surface area contributed by atoms with Gasteiger partial charge in [0.15, 0.2) is 12.3 Å². The number of aromatic amines is 1. The molecule has 0 unspecified atom stereocenters. The molecule has 6 heteroatoms. The quantitative estimate of drug-likeness (QED) is 0.428. The molecule has 1 aliphatic rings. The Morgan fingerprint density at radius 1 is 1.03 bits per heavy atom. The first kappa shape index (κ1) is 26.8. The second-order valence-electron chi connectivity index (χ2n) is 7.56. The third-order valence-corrected chi connectivity index (χ3v) is 5.60. The zero-order valence-corrected chi connectivity index (χ0v) is 21.2. The number of anilines is 1. The van der Waals surface area contributed by atoms with E-state index in [0.29, 0.717) is 18.8 Å². The first-order valence-electron chi connectivity index (χ1n) is 12.4. The Morgan fingerprint density at radius 2 is 1.71 bits per heavy atom. The zero-order valence-electron chi connectivity index (χ0n) is 21.2. The summed E-state index contributed by atoms with van der Waals surface area (Å²) in [7, 11) is 0. The van der Waals surface area contributed by atoms with Crippen LogP contribution in [0.3, 0.4) is 0 Å². The number of nitrogens with one attached hydrogen (secondary N) is 1. The lowest BCUT2D eigenvalue weighted by Gasteiger charge is -2.36. The van der Waals surface area contributed by atoms with Crippen molar-refractivity contribution in [1.29, 1.82) is 0 Å². The molecule has 2 aromatic carbocycles. The molecule has 2 heterocycles. The van der Waals surface area contributed by atoms with Gasteiger partial charge in [-0.25, -0.2) is 4.85 Å². The van der Waals surface area contributed by atoms with Gasteiger partial charge in [0.25, 0.3) is 5.91 Å². The maximum atomic E-state index is 12.6. The second kappa shape index (κ2) is 13.9. The minimum Gasteiger partial charge on any atom is -0.484 e. The summed E-state index contributed by atoms with van der Waals surface area (Å²) >= 11 is 0. The van der Waals surface area contributed by atoms with Crippen LogP contribution in [0.2, 0.25) is 0 Å². The molecule has 0 atom stereocenters. The number of aryl methyl sites for hydroxylation is 1. The Labute approximate surface area is 204 Å². The molecule has 4 rings (SSSR count). The van der Waals surface area contributed by atoms with Crippen molar-refractivity contribution in [2.75, 3.05) is 37.7 Å². The van der Waals surface area contributed by atoms with Gasteiger partial charge < -0.3 is 19.5 Å². The molecule has 1 amide bonds. The molecule has 1 aliphatic heterocycles. The minimum absolute atomic E-state index is 0.0148. The van der Waals surface area contributed by atoms with Crippen molar-refractivity contribution in [1.82, 2.24) is 9.88 Å². The molecular weight excluding hydrogens is 424 g/mol. The predicted molar refractivity (Wildman–Crippen MR) is 142 cm³/mol. The molecule has 1 saturated heterocycles. The minimum atomic E-state index is 0.0148. The van der Waals surface area contributed by atoms with E-state index in [1.807, 2.05) is 75.1 Å². The van der Waals surface area contributed by atoms with Gasteiger partial charge >= 0.3 is 0 Å². The summed E-state index contributed by atoms with van der Waals surface area (Å²) < 4.78 is 5.82. The molecule has 0 aliphatic carbocycles. The number of rotatable bonds is 6. The molecule has 182 valence electrons. The normalized spacial score (nSPS) is 12.7. The Kier molecular flexibility index (Phi) is 11.0. The number of fused-ring (bicyclic) bond motifs is 1. The van der Waals surface area contributed by atoms with Gasteiger partial charge in [-0.2, -0.15) is 0 Å². The Morgan fingerprint density at radius 3 is 2.32 bits per heavy atom. The largest absolute Gasteiger partial charge is 0.484 e. The van der Waals surface area contributed by atoms with Gasteiger partial charge in [0.2, 0.25) is 0 Å². The van der Waals surface area contributed by atoms with E-state index in [2.05, 4.69) is 27.8 Å². The topological polar surface area (TPSA) is 52.9 Å². The number of hydrogen-bond acceptors (Lipinski definition) is 3. The van der Waals surface area contributed by atoms with E-state index in [0.717, 1.165) is 42.9 Å². The van der Waals surface area contributed by atoms with Crippen LogP contribution in [0, 0.1) is 6.57 Å². The summed E-state index contributed by atoms with van der Waals surface area (Å²) in [5.41, 5.74) is 4.11. The molecule has 1 N–H and O–H groups in total. The number of carbonyl (C=O) groups is 1. The van der Waals surface area contributed by atoms with Crippen molar-refractivity contribution in [2.45, 2.75) is 47.5 Å². The SMILES string of the molecule is CC.CC.[C-]#[N+]c1ccc(N2CCN(C(=O)COc3ccc4[nH]cc(CCC)c4c3)CC2)cc1. The number of carbonyl (C=O) groups excluding carboxylic acids is 1. The lowest BCUT2D eigenvalue weighted by molar-refractivity contribution is -0.133. The molecule has 1 fully saturated rings. The monoisotopic (exact) mass is 462 g/mol. The molecule has 6 nitrogen and oxygen atoms in total. The van der Waals surface area contributed by atoms with Crippen molar-refractivity contribution < 1.29 is 9.53 Å². The molecule has 0 spiro atoms. The number of ether oxygens (including phenoxy) is 1. The van der Waals surface area contributed by atoms with Crippen LogP contribution in [-0.4, -0.2) is 48.6 Å². The highest BCUT2D eigenvalue weighted by Crippen LogP contribution is 2.25. The van der Waals surface area contributed by atoms with Gasteiger partial charge in [-0.1, -0.05) is 53.2 Å². The van der Waals surface area contributed by atoms with E-state index in [1.165, 1.54) is 10.9 Å². The van der Waals surface area contributed by atoms with Crippen molar-refractivity contribution in [3.05, 3.63) is 65.6 Å². The highest BCUT2D eigenvalue weighted by molar-refractivity contribution is 5.85. The number of aromatic nitrogens is 1. The predicted octanol–water partition coefficient (Wildman–Crippen LogP) is 6.45. The average molecular weight is 463 g/mol. The lowest BCUT2D eigenvalue weighted by Crippen LogP contribution is -2.50. The van der Waals surface area contributed by atoms with Crippen molar-refractivity contribution >= 4 is 28.2 Å². The highest BCUT2D eigenvalue weighted by Gasteiger charge is 2.21. The van der Waals surface area contributed by atoms with Crippen LogP contribution < -0.4 is 9.64 Å². The smallest absolute Gasteiger partial charge is 0.260 e. The van der Waals surface area contributed by atoms with Crippen molar-refractivity contribution in [3.63, 3.8) is 0 Å². The molecule has 34 heavy (non-hydrogen) atoms. The summed E-state index contributed by atoms with van der Waals surface area (Å²) in [5.74, 6) is 0.743. The van der Waals surface area contributed by atoms with Gasteiger partial charge in [0, 0.05) is 49.0 Å². The van der Waals surface area contributed by atoms with Gasteiger partial charge in [0.1, 0.15) is 5.75 Å². The van der Waals surface area contributed by atoms with Gasteiger partial charge in [0.05, 0.1) is 6.57 Å². The third kappa shape index (κ3) is 6.77. The van der Waals surface area contributed by atoms with E-state index < -0.39 is 0 Å². The maximum Gasteiger partial charge on any atom is 0.260 e. The molecular formula is C28H38N4O2. The molecule has 0 saturated carbocycles. The number of H-pyrrole nitrogens is 1. The fourth-order valence-electron chi connectivity index (χ4n) is 3.91. The molecule has 0 radical (unpaired) electrons. The fourth-order valence-corrected chi connectivity index (χ4v) is 3.91. The number of hydrogen-bond donors (Lipinski definition) is 1. The Bertz CT molecular complexity index is 1060.